The van der Waals surface area contributed by atoms with Crippen molar-refractivity contribution in [1.29, 1.82) is 5.41 Å². The number of rotatable bonds is 28. The van der Waals surface area contributed by atoms with Crippen LogP contribution in [-0.2, 0) is 14.3 Å². The van der Waals surface area contributed by atoms with Crippen LogP contribution in [0.5, 0.6) is 5.75 Å². The lowest BCUT2D eigenvalue weighted by molar-refractivity contribution is -0.165. The number of unbranched alkanes of at least 4 members (excludes halogenated alkanes) is 11. The number of imide groups is 2. The number of fused-ring (bicyclic) bond motifs is 3. The number of ether oxygens (including phenoxy) is 2. The molecular weight excluding hydrogens is 1140 g/mol. The minimum atomic E-state index is -0.982. The van der Waals surface area contributed by atoms with Gasteiger partial charge in [-0.25, -0.2) is 9.98 Å². The second-order valence-corrected chi connectivity index (χ2v) is 28.0. The number of aliphatic imine (C=N–C) groups is 2. The second-order valence-electron chi connectivity index (χ2n) is 27.0. The first-order valence-corrected chi connectivity index (χ1v) is 33.4. The van der Waals surface area contributed by atoms with Gasteiger partial charge in [0.05, 0.1) is 40.2 Å². The number of para-hydroxylation sites is 1. The molecule has 19 nitrogen and oxygen atoms in total. The van der Waals surface area contributed by atoms with Gasteiger partial charge in [-0.2, -0.15) is 0 Å². The van der Waals surface area contributed by atoms with Crippen LogP contribution in [0.1, 0.15) is 190 Å². The van der Waals surface area contributed by atoms with E-state index < -0.39 is 35.6 Å². The van der Waals surface area contributed by atoms with Crippen LogP contribution in [0.4, 0.5) is 5.13 Å². The Bertz CT molecular complexity index is 3380. The molecule has 3 aromatic rings. The van der Waals surface area contributed by atoms with E-state index in [-0.39, 0.29) is 51.9 Å². The molecule has 6 unspecified atom stereocenters. The molecule has 6 atom stereocenters. The Morgan fingerprint density at radius 3 is 2.26 bits per heavy atom. The van der Waals surface area contributed by atoms with Gasteiger partial charge in [-0.3, -0.25) is 39.8 Å². The topological polar surface area (TPSA) is 274 Å². The number of allylic oxidation sites excluding steroid dienone is 3. The van der Waals surface area contributed by atoms with E-state index in [1.54, 1.807) is 18.2 Å². The monoisotopic (exact) mass is 1240 g/mol. The lowest BCUT2D eigenvalue weighted by atomic mass is 9.53. The molecule has 1 aromatic heterocycles. The van der Waals surface area contributed by atoms with Crippen LogP contribution in [0.25, 0.3) is 10.2 Å². The smallest absolute Gasteiger partial charge is 0.299 e. The number of nitrogens with zero attached hydrogens (tertiary/aromatic N) is 6. The van der Waals surface area contributed by atoms with Crippen molar-refractivity contribution in [2.24, 2.45) is 44.1 Å². The number of amides is 4. The molecule has 0 spiro atoms. The maximum Gasteiger partial charge on any atom is 0.299 e. The minimum Gasteiger partial charge on any atom is -0.494 e. The first-order valence-electron chi connectivity index (χ1n) is 32.6. The molecule has 6 fully saturated rings. The molecule has 4 saturated carbocycles. The third kappa shape index (κ3) is 15.2. The number of dihydropyridines is 1. The number of hydrogen-bond acceptors (Lipinski definition) is 16. The first kappa shape index (κ1) is 64.8. The maximum atomic E-state index is 13.1. The van der Waals surface area contributed by atoms with Crippen molar-refractivity contribution in [3.63, 3.8) is 0 Å². The van der Waals surface area contributed by atoms with Gasteiger partial charge in [0.25, 0.3) is 17.8 Å². The lowest BCUT2D eigenvalue weighted by Gasteiger charge is -2.56. The van der Waals surface area contributed by atoms with E-state index >= 15 is 0 Å². The van der Waals surface area contributed by atoms with E-state index in [1.165, 1.54) is 88.2 Å². The number of hydrogen-bond donors (Lipinski definition) is 7. The van der Waals surface area contributed by atoms with Gasteiger partial charge >= 0.3 is 0 Å². The summed E-state index contributed by atoms with van der Waals surface area (Å²) in [7, 11) is 2.24. The Hall–Kier alpha value is -7.16. The molecule has 0 radical (unpaired) electrons. The summed E-state index contributed by atoms with van der Waals surface area (Å²) in [6.07, 6.45) is 28.0. The third-order valence-electron chi connectivity index (χ3n) is 19.7. The average molecular weight is 1240 g/mol. The van der Waals surface area contributed by atoms with Crippen molar-refractivity contribution in [1.82, 2.24) is 30.3 Å². The SMILES string of the molecule is CC(=NCC1CC2(C)CC3(C)CC1CC(OCCN(C)CCCCCCCCCCCCCCOc1ccc4c(c1)C(=O)N(C1CCC(=O)NC1=O)C4=O)(C2)C3)/C(=C\N)C1=CC=C(N2CCC/C(=C(C)/C(N)=N\c3nc4ccccc4s3)C2=N)NC1=C(O)O. The Morgan fingerprint density at radius 1 is 0.854 bits per heavy atom. The molecule has 89 heavy (non-hydrogen) atoms. The number of aliphatic hydroxyl groups is 2. The Morgan fingerprint density at radius 2 is 1.55 bits per heavy atom. The number of likely N-dealkylation sites (N-methyl/N-ethyl adjacent to an activating group) is 1. The number of aliphatic hydroxyl groups excluding tert-OH is 1. The number of piperidine rings is 2. The number of carbonyl (C=O) groups is 4. The second kappa shape index (κ2) is 28.3. The third-order valence-corrected chi connectivity index (χ3v) is 20.6. The molecular formula is C69H93N11O8S. The van der Waals surface area contributed by atoms with Crippen molar-refractivity contribution in [2.45, 2.75) is 181 Å². The maximum absolute atomic E-state index is 13.1. The van der Waals surface area contributed by atoms with E-state index in [0.29, 0.717) is 77.2 Å². The zero-order valence-electron chi connectivity index (χ0n) is 52.9. The summed E-state index contributed by atoms with van der Waals surface area (Å²) in [5.41, 5.74) is 17.9. The number of likely N-dealkylation sites (tertiary alicyclic amines) is 1. The highest BCUT2D eigenvalue weighted by molar-refractivity contribution is 7.22. The van der Waals surface area contributed by atoms with Gasteiger partial charge in [0.1, 0.15) is 35.0 Å². The molecule has 5 heterocycles. The van der Waals surface area contributed by atoms with Crippen molar-refractivity contribution in [2.75, 3.05) is 46.4 Å². The standard InChI is InChI=1S/C69H93N11O8S/c1-44(60(71)77-66-74-54-22-16-17-23-56(54)89-66)49-21-20-31-79(61(49)72)57-28-26-50(59(75-57)65(85)86)53(39-70)45(2)73-40-47-37-68(4)41-67(3)36-46(47)38-69(42-67,43-68)88-34-32-78(5)30-18-14-12-10-8-6-7-9-11-13-15-19-33-87-48-24-25-51-52(35-48)64(84)80(63(51)83)55-27-29-58(81)76-62(55)82/h16-17,22-26,28,35,39,46-47,55,72,75,85-86H,6-15,18-21,27,29-34,36-38,40-43,70H2,1-5H3,(H2,71,74,77)(H,76,81,82)/b49-44-,53-39+,72-61?,73-45?. The van der Waals surface area contributed by atoms with Crippen molar-refractivity contribution >= 4 is 67.7 Å². The fourth-order valence-electron chi connectivity index (χ4n) is 15.9. The lowest BCUT2D eigenvalue weighted by Crippen LogP contribution is -2.54. The molecule has 8 aliphatic rings. The van der Waals surface area contributed by atoms with E-state index in [9.17, 15) is 34.8 Å². The largest absolute Gasteiger partial charge is 0.494 e. The Labute approximate surface area is 528 Å². The molecule has 9 N–H and O–H groups in total. The van der Waals surface area contributed by atoms with Gasteiger partial charge < -0.3 is 46.3 Å². The number of carbonyl (C=O) groups excluding carboxylic acids is 4. The summed E-state index contributed by atoms with van der Waals surface area (Å²) >= 11 is 1.47. The number of nitrogens with two attached hydrogens (primary N) is 2. The molecule has 4 aliphatic carbocycles. The van der Waals surface area contributed by atoms with Crippen molar-refractivity contribution in [3.05, 3.63) is 112 Å². The zero-order chi connectivity index (χ0) is 63.0. The zero-order valence-corrected chi connectivity index (χ0v) is 53.7. The molecule has 11 rings (SSSR count). The highest BCUT2D eigenvalue weighted by Gasteiger charge is 2.60. The molecule has 4 amide bonds. The molecule has 2 aromatic carbocycles. The number of nitrogens with one attached hydrogen (secondary N) is 3. The molecule has 2 saturated heterocycles. The van der Waals surface area contributed by atoms with Gasteiger partial charge in [-0.1, -0.05) is 102 Å². The Kier molecular flexibility index (Phi) is 20.6. The van der Waals surface area contributed by atoms with Crippen LogP contribution in [0.3, 0.4) is 0 Å². The molecule has 4 bridgehead atoms. The van der Waals surface area contributed by atoms with Crippen LogP contribution in [0, 0.1) is 28.1 Å². The van der Waals surface area contributed by atoms with Gasteiger partial charge in [0.2, 0.25) is 16.9 Å². The van der Waals surface area contributed by atoms with Gasteiger partial charge in [0.15, 0.2) is 0 Å². The molecule has 4 aliphatic heterocycles. The predicted octanol–water partition coefficient (Wildman–Crippen LogP) is 12.1. The predicted molar refractivity (Wildman–Crippen MR) is 350 cm³/mol. The fourth-order valence-corrected chi connectivity index (χ4v) is 16.7. The summed E-state index contributed by atoms with van der Waals surface area (Å²) in [5.74, 6) is -0.431. The van der Waals surface area contributed by atoms with Gasteiger partial charge in [-0.05, 0) is 169 Å². The molecule has 478 valence electrons. The first-order chi connectivity index (χ1) is 42.7. The molecule has 20 heteroatoms. The van der Waals surface area contributed by atoms with Crippen molar-refractivity contribution < 1.29 is 38.9 Å². The van der Waals surface area contributed by atoms with Crippen LogP contribution in [0.2, 0.25) is 0 Å². The van der Waals surface area contributed by atoms with Gasteiger partial charge in [0, 0.05) is 54.7 Å². The van der Waals surface area contributed by atoms with Crippen molar-refractivity contribution in [3.8, 4) is 5.75 Å². The summed E-state index contributed by atoms with van der Waals surface area (Å²) in [5, 5.41) is 36.8. The van der Waals surface area contributed by atoms with Gasteiger partial charge in [-0.15, -0.1) is 0 Å². The Balaban J connectivity index is 0.613. The number of benzene rings is 2. The van der Waals surface area contributed by atoms with Crippen LogP contribution >= 0.6 is 11.3 Å². The highest BCUT2D eigenvalue weighted by Crippen LogP contribution is 2.66. The minimum absolute atomic E-state index is 0.0862. The number of amidine groups is 2. The quantitative estimate of drug-likeness (QED) is 0.0117. The van der Waals surface area contributed by atoms with Crippen LogP contribution in [-0.4, -0.2) is 129 Å². The summed E-state index contributed by atoms with van der Waals surface area (Å²) in [6.45, 7) is 13.3. The summed E-state index contributed by atoms with van der Waals surface area (Å²) in [4.78, 5) is 69.8. The highest BCUT2D eigenvalue weighted by atomic mass is 32.1. The van der Waals surface area contributed by atoms with E-state index in [0.717, 1.165) is 97.5 Å². The fraction of sp³-hybridized carbons (Fsp3) is 0.565. The van der Waals surface area contributed by atoms with Crippen LogP contribution in [0.15, 0.2) is 111 Å². The average Bonchev–Trinajstić information content (AvgIpc) is 1.67. The van der Waals surface area contributed by atoms with E-state index in [4.69, 9.17) is 25.9 Å². The number of aromatic nitrogens is 1. The summed E-state index contributed by atoms with van der Waals surface area (Å²) in [6, 6.07) is 11.7. The summed E-state index contributed by atoms with van der Waals surface area (Å²) < 4.78 is 14.1. The van der Waals surface area contributed by atoms with E-state index in [2.05, 4.69) is 46.4 Å². The normalized spacial score (nSPS) is 26.2. The number of thiazole rings is 1. The van der Waals surface area contributed by atoms with E-state index in [1.807, 2.05) is 55.2 Å². The van der Waals surface area contributed by atoms with Crippen LogP contribution < -0.4 is 26.8 Å².